The van der Waals surface area contributed by atoms with Crippen molar-refractivity contribution in [2.75, 3.05) is 48.8 Å². The van der Waals surface area contributed by atoms with Crippen molar-refractivity contribution >= 4 is 45.9 Å². The molecule has 218 valence electrons. The Morgan fingerprint density at radius 1 is 0.929 bits per heavy atom. The Hall–Kier alpha value is -4.31. The maximum Gasteiger partial charge on any atom is 0.262 e. The second-order valence-electron chi connectivity index (χ2n) is 9.97. The molecule has 0 aliphatic carbocycles. The molecule has 3 aromatic carbocycles. The van der Waals surface area contributed by atoms with Gasteiger partial charge in [0.1, 0.15) is 5.75 Å². The van der Waals surface area contributed by atoms with Crippen molar-refractivity contribution in [3.63, 3.8) is 0 Å². The molecule has 0 atom stereocenters. The molecule has 1 aromatic heterocycles. The summed E-state index contributed by atoms with van der Waals surface area (Å²) in [5.41, 5.74) is 2.25. The van der Waals surface area contributed by atoms with Crippen LogP contribution in [0.25, 0.3) is 10.9 Å². The molecule has 2 amide bonds. The van der Waals surface area contributed by atoms with Crippen LogP contribution in [0.3, 0.4) is 0 Å². The summed E-state index contributed by atoms with van der Waals surface area (Å²) in [6, 6.07) is 24.6. The van der Waals surface area contributed by atoms with Crippen molar-refractivity contribution in [3.8, 4) is 5.75 Å². The monoisotopic (exact) mass is 585 g/mol. The summed E-state index contributed by atoms with van der Waals surface area (Å²) in [5.74, 6) is 0.710. The molecule has 0 unspecified atom stereocenters. The fourth-order valence-electron chi connectivity index (χ4n) is 4.98. The summed E-state index contributed by atoms with van der Waals surface area (Å²) in [5, 5.41) is 3.86. The molecular weight excluding hydrogens is 550 g/mol. The van der Waals surface area contributed by atoms with E-state index in [1.807, 2.05) is 42.2 Å². The number of benzene rings is 3. The highest BCUT2D eigenvalue weighted by molar-refractivity contribution is 7.99. The predicted molar refractivity (Wildman–Crippen MR) is 167 cm³/mol. The first-order chi connectivity index (χ1) is 20.5. The number of nitrogens with zero attached hydrogens (tertiary/aromatic N) is 4. The van der Waals surface area contributed by atoms with Gasteiger partial charge < -0.3 is 19.9 Å². The van der Waals surface area contributed by atoms with Crippen LogP contribution in [0, 0.1) is 0 Å². The highest BCUT2D eigenvalue weighted by atomic mass is 32.2. The normalized spacial score (nSPS) is 13.3. The molecule has 0 radical (unpaired) electrons. The molecule has 9 nitrogen and oxygen atoms in total. The number of ether oxygens (including phenoxy) is 1. The van der Waals surface area contributed by atoms with Gasteiger partial charge in [0.05, 0.1) is 23.3 Å². The summed E-state index contributed by atoms with van der Waals surface area (Å²) < 4.78 is 7.04. The molecule has 1 N–H and O–H groups in total. The number of para-hydroxylation sites is 2. The maximum absolute atomic E-state index is 13.4. The van der Waals surface area contributed by atoms with Gasteiger partial charge in [0.25, 0.3) is 5.56 Å². The summed E-state index contributed by atoms with van der Waals surface area (Å²) in [6.45, 7) is 5.77. The quantitative estimate of drug-likeness (QED) is 0.202. The molecule has 42 heavy (non-hydrogen) atoms. The van der Waals surface area contributed by atoms with Crippen molar-refractivity contribution in [2.45, 2.75) is 31.5 Å². The molecule has 1 saturated heterocycles. The molecular formula is C32H35N5O4S. The van der Waals surface area contributed by atoms with Crippen molar-refractivity contribution < 1.29 is 14.3 Å². The van der Waals surface area contributed by atoms with Crippen molar-refractivity contribution in [3.05, 3.63) is 89.2 Å². The maximum atomic E-state index is 13.4. The topological polar surface area (TPSA) is 96.8 Å². The lowest BCUT2D eigenvalue weighted by atomic mass is 10.2. The minimum atomic E-state index is -0.206. The number of rotatable bonds is 11. The third-order valence-electron chi connectivity index (χ3n) is 7.13. The number of hydrogen-bond donors (Lipinski definition) is 1. The Morgan fingerprint density at radius 3 is 2.38 bits per heavy atom. The molecule has 0 saturated carbocycles. The van der Waals surface area contributed by atoms with Gasteiger partial charge in [0.15, 0.2) is 5.16 Å². The van der Waals surface area contributed by atoms with E-state index in [1.165, 1.54) is 17.4 Å². The van der Waals surface area contributed by atoms with Crippen molar-refractivity contribution in [2.24, 2.45) is 0 Å². The zero-order chi connectivity index (χ0) is 29.3. The summed E-state index contributed by atoms with van der Waals surface area (Å²) in [7, 11) is 0. The average molecular weight is 586 g/mol. The van der Waals surface area contributed by atoms with E-state index in [1.54, 1.807) is 41.0 Å². The number of amides is 2. The number of carbonyl (C=O) groups excluding carboxylic acids is 2. The van der Waals surface area contributed by atoms with Gasteiger partial charge in [-0.3, -0.25) is 19.0 Å². The Morgan fingerprint density at radius 2 is 1.64 bits per heavy atom. The lowest BCUT2D eigenvalue weighted by molar-refractivity contribution is -0.131. The first-order valence-electron chi connectivity index (χ1n) is 14.2. The van der Waals surface area contributed by atoms with Crippen LogP contribution < -0.4 is 20.5 Å². The minimum absolute atomic E-state index is 0.0859. The molecule has 1 aliphatic rings. The zero-order valence-electron chi connectivity index (χ0n) is 23.7. The number of thioether (sulfide) groups is 1. The van der Waals surface area contributed by atoms with Crippen LogP contribution in [0.5, 0.6) is 5.75 Å². The van der Waals surface area contributed by atoms with E-state index in [0.29, 0.717) is 60.8 Å². The molecule has 0 spiro atoms. The molecule has 5 rings (SSSR count). The minimum Gasteiger partial charge on any atom is -0.494 e. The molecule has 4 aromatic rings. The van der Waals surface area contributed by atoms with Crippen LogP contribution in [0.4, 0.5) is 11.4 Å². The zero-order valence-corrected chi connectivity index (χ0v) is 24.5. The Balaban J connectivity index is 1.19. The van der Waals surface area contributed by atoms with Crippen molar-refractivity contribution in [1.29, 1.82) is 0 Å². The van der Waals surface area contributed by atoms with Gasteiger partial charge in [-0.15, -0.1) is 0 Å². The van der Waals surface area contributed by atoms with Crippen LogP contribution in [-0.2, 0) is 16.1 Å². The van der Waals surface area contributed by atoms with E-state index in [9.17, 15) is 14.4 Å². The van der Waals surface area contributed by atoms with Gasteiger partial charge >= 0.3 is 0 Å². The van der Waals surface area contributed by atoms with Crippen LogP contribution in [0.1, 0.15) is 19.8 Å². The standard InChI is InChI=1S/C32H35N5O4S/c1-2-41-26-16-14-24(15-17-26)33-29(38)23-42-32-34-28-12-7-6-11-27(28)31(40)37(32)18-8-13-30(39)36-21-19-35(20-22-36)25-9-4-3-5-10-25/h3-7,9-12,14-17H,2,8,13,18-23H2,1H3,(H,33,38). The Bertz CT molecular complexity index is 1570. The van der Waals surface area contributed by atoms with Crippen molar-refractivity contribution in [1.82, 2.24) is 14.5 Å². The van der Waals surface area contributed by atoms with Gasteiger partial charge in [-0.25, -0.2) is 4.98 Å². The number of piperazine rings is 1. The third-order valence-corrected chi connectivity index (χ3v) is 8.11. The Kier molecular flexibility index (Phi) is 9.76. The highest BCUT2D eigenvalue weighted by Gasteiger charge is 2.21. The van der Waals surface area contributed by atoms with E-state index in [0.717, 1.165) is 18.8 Å². The summed E-state index contributed by atoms with van der Waals surface area (Å²) in [4.78, 5) is 48.0. The smallest absolute Gasteiger partial charge is 0.262 e. The van der Waals surface area contributed by atoms with Crippen LogP contribution in [0.15, 0.2) is 88.8 Å². The number of anilines is 2. The molecule has 1 fully saturated rings. The van der Waals surface area contributed by atoms with E-state index in [-0.39, 0.29) is 23.1 Å². The SMILES string of the molecule is CCOc1ccc(NC(=O)CSc2nc3ccccc3c(=O)n2CCCC(=O)N2CCN(c3ccccc3)CC2)cc1. The summed E-state index contributed by atoms with van der Waals surface area (Å²) in [6.07, 6.45) is 0.844. The second kappa shape index (κ2) is 14.0. The van der Waals surface area contributed by atoms with Gasteiger partial charge in [-0.05, 0) is 61.9 Å². The number of aromatic nitrogens is 2. The van der Waals surface area contributed by atoms with Crippen LogP contribution in [-0.4, -0.2) is 64.8 Å². The van der Waals surface area contributed by atoms with Crippen LogP contribution in [0.2, 0.25) is 0 Å². The Labute approximate surface area is 249 Å². The number of hydrogen-bond acceptors (Lipinski definition) is 7. The molecule has 10 heteroatoms. The first-order valence-corrected chi connectivity index (χ1v) is 15.2. The third kappa shape index (κ3) is 7.30. The molecule has 1 aliphatic heterocycles. The lowest BCUT2D eigenvalue weighted by Crippen LogP contribution is -2.48. The largest absolute Gasteiger partial charge is 0.494 e. The number of fused-ring (bicyclic) bond motifs is 1. The average Bonchev–Trinajstić information content (AvgIpc) is 3.03. The lowest BCUT2D eigenvalue weighted by Gasteiger charge is -2.36. The van der Waals surface area contributed by atoms with Crippen LogP contribution >= 0.6 is 11.8 Å². The van der Waals surface area contributed by atoms with E-state index in [4.69, 9.17) is 9.72 Å². The van der Waals surface area contributed by atoms with Gasteiger partial charge in [-0.2, -0.15) is 0 Å². The van der Waals surface area contributed by atoms with Gasteiger partial charge in [0, 0.05) is 50.5 Å². The van der Waals surface area contributed by atoms with E-state index in [2.05, 4.69) is 22.3 Å². The first kappa shape index (κ1) is 29.2. The molecule has 0 bridgehead atoms. The van der Waals surface area contributed by atoms with E-state index < -0.39 is 0 Å². The highest BCUT2D eigenvalue weighted by Crippen LogP contribution is 2.21. The van der Waals surface area contributed by atoms with Gasteiger partial charge in [0.2, 0.25) is 11.8 Å². The number of carbonyl (C=O) groups is 2. The summed E-state index contributed by atoms with van der Waals surface area (Å²) >= 11 is 1.21. The van der Waals surface area contributed by atoms with Gasteiger partial charge in [-0.1, -0.05) is 42.1 Å². The predicted octanol–water partition coefficient (Wildman–Crippen LogP) is 4.66. The molecule has 2 heterocycles. The second-order valence-corrected chi connectivity index (χ2v) is 10.9. The number of nitrogens with one attached hydrogen (secondary N) is 1. The fraction of sp³-hybridized carbons (Fsp3) is 0.312. The fourth-order valence-corrected chi connectivity index (χ4v) is 5.81. The van der Waals surface area contributed by atoms with E-state index >= 15 is 0 Å².